The Balaban J connectivity index is 2.00. The summed E-state index contributed by atoms with van der Waals surface area (Å²) in [4.78, 5) is 11.6. The zero-order valence-corrected chi connectivity index (χ0v) is 11.8. The van der Waals surface area contributed by atoms with E-state index in [0.717, 1.165) is 19.3 Å². The second-order valence-corrected chi connectivity index (χ2v) is 6.17. The summed E-state index contributed by atoms with van der Waals surface area (Å²) in [5.41, 5.74) is -0.646. The van der Waals surface area contributed by atoms with E-state index in [1.54, 1.807) is 0 Å². The van der Waals surface area contributed by atoms with Gasteiger partial charge in [0.1, 0.15) is 11.6 Å². The molecule has 2 aliphatic carbocycles. The van der Waals surface area contributed by atoms with Gasteiger partial charge in [0.05, 0.1) is 17.0 Å². The van der Waals surface area contributed by atoms with Crippen LogP contribution in [0.4, 0.5) is 4.39 Å². The van der Waals surface area contributed by atoms with Crippen LogP contribution in [-0.2, 0) is 10.2 Å². The average Bonchev–Trinajstić information content (AvgIpc) is 3.09. The van der Waals surface area contributed by atoms with E-state index in [9.17, 15) is 14.3 Å². The average molecular weight is 299 g/mol. The fraction of sp³-hybridized carbons (Fsp3) is 0.533. The highest BCUT2D eigenvalue weighted by atomic mass is 35.5. The number of aliphatic carboxylic acids is 1. The van der Waals surface area contributed by atoms with Crippen LogP contribution < -0.4 is 4.74 Å². The zero-order chi connectivity index (χ0) is 14.3. The van der Waals surface area contributed by atoms with Gasteiger partial charge in [-0.1, -0.05) is 18.0 Å². The summed E-state index contributed by atoms with van der Waals surface area (Å²) in [6.07, 6.45) is 4.07. The Bertz CT molecular complexity index is 550. The minimum absolute atomic E-state index is 0.160. The topological polar surface area (TPSA) is 46.5 Å². The van der Waals surface area contributed by atoms with Crippen molar-refractivity contribution in [3.05, 3.63) is 28.5 Å². The summed E-state index contributed by atoms with van der Waals surface area (Å²) in [5, 5.41) is 9.67. The molecular weight excluding hydrogens is 283 g/mol. The third-order valence-electron chi connectivity index (χ3n) is 4.30. The maximum Gasteiger partial charge on any atom is 0.314 e. The molecule has 0 unspecified atom stereocenters. The van der Waals surface area contributed by atoms with Crippen molar-refractivity contribution >= 4 is 17.6 Å². The van der Waals surface area contributed by atoms with Crippen LogP contribution in [0.3, 0.4) is 0 Å². The Morgan fingerprint density at radius 1 is 1.45 bits per heavy atom. The lowest BCUT2D eigenvalue weighted by Crippen LogP contribution is -2.42. The number of halogens is 2. The summed E-state index contributed by atoms with van der Waals surface area (Å²) in [6.45, 7) is 0.522. The molecule has 0 radical (unpaired) electrons. The Hall–Kier alpha value is -1.29. The normalized spacial score (nSPS) is 20.3. The predicted molar refractivity (Wildman–Crippen MR) is 72.8 cm³/mol. The molecule has 5 heteroatoms. The largest absolute Gasteiger partial charge is 0.491 e. The number of rotatable bonds is 5. The van der Waals surface area contributed by atoms with Crippen molar-refractivity contribution in [2.45, 2.75) is 37.5 Å². The van der Waals surface area contributed by atoms with E-state index in [1.807, 2.05) is 0 Å². The lowest BCUT2D eigenvalue weighted by molar-refractivity contribution is -0.147. The molecule has 0 heterocycles. The second-order valence-electron chi connectivity index (χ2n) is 5.76. The van der Waals surface area contributed by atoms with Gasteiger partial charge >= 0.3 is 5.97 Å². The van der Waals surface area contributed by atoms with Crippen molar-refractivity contribution in [3.8, 4) is 5.75 Å². The molecule has 2 fully saturated rings. The van der Waals surface area contributed by atoms with Crippen molar-refractivity contribution in [3.63, 3.8) is 0 Å². The van der Waals surface area contributed by atoms with E-state index >= 15 is 0 Å². The molecular formula is C15H16ClFO3. The molecule has 2 saturated carbocycles. The van der Waals surface area contributed by atoms with E-state index in [4.69, 9.17) is 16.3 Å². The summed E-state index contributed by atoms with van der Waals surface area (Å²) < 4.78 is 19.4. The molecule has 1 aromatic carbocycles. The molecule has 3 nitrogen and oxygen atoms in total. The highest BCUT2D eigenvalue weighted by molar-refractivity contribution is 6.32. The first-order valence-electron chi connectivity index (χ1n) is 6.89. The summed E-state index contributed by atoms with van der Waals surface area (Å²) in [5.74, 6) is -0.578. The maximum absolute atomic E-state index is 13.6. The predicted octanol–water partition coefficient (Wildman–Crippen LogP) is 3.77. The molecule has 1 N–H and O–H groups in total. The summed E-state index contributed by atoms with van der Waals surface area (Å²) >= 11 is 6.07. The number of carboxylic acids is 1. The van der Waals surface area contributed by atoms with E-state index in [-0.39, 0.29) is 5.02 Å². The Labute approximate surface area is 121 Å². The third kappa shape index (κ3) is 2.26. The fourth-order valence-electron chi connectivity index (χ4n) is 2.68. The smallest absolute Gasteiger partial charge is 0.314 e. The number of benzene rings is 1. The highest BCUT2D eigenvalue weighted by Crippen LogP contribution is 2.49. The molecule has 20 heavy (non-hydrogen) atoms. The first-order valence-corrected chi connectivity index (χ1v) is 7.26. The maximum atomic E-state index is 13.6. The van der Waals surface area contributed by atoms with Gasteiger partial charge in [-0.15, -0.1) is 0 Å². The van der Waals surface area contributed by atoms with Crippen LogP contribution in [0.2, 0.25) is 5.02 Å². The van der Waals surface area contributed by atoms with Gasteiger partial charge in [0.25, 0.3) is 0 Å². The summed E-state index contributed by atoms with van der Waals surface area (Å²) in [6, 6.07) is 2.45. The fourth-order valence-corrected chi connectivity index (χ4v) is 2.94. The quantitative estimate of drug-likeness (QED) is 0.900. The van der Waals surface area contributed by atoms with E-state index in [1.165, 1.54) is 12.1 Å². The molecule has 2 aliphatic rings. The highest BCUT2D eigenvalue weighted by Gasteiger charge is 2.48. The van der Waals surface area contributed by atoms with Gasteiger partial charge in [-0.05, 0) is 43.7 Å². The Morgan fingerprint density at radius 2 is 2.15 bits per heavy atom. The van der Waals surface area contributed by atoms with E-state index in [0.29, 0.717) is 36.7 Å². The molecule has 0 saturated heterocycles. The molecule has 0 aromatic heterocycles. The van der Waals surface area contributed by atoms with Gasteiger partial charge in [0, 0.05) is 5.56 Å². The first kappa shape index (κ1) is 13.7. The lowest BCUT2D eigenvalue weighted by atomic mass is 9.64. The van der Waals surface area contributed by atoms with E-state index < -0.39 is 17.2 Å². The van der Waals surface area contributed by atoms with Crippen molar-refractivity contribution in [2.75, 3.05) is 6.61 Å². The SMILES string of the molecule is O=C(O)C1(c2cc(F)cc(Cl)c2OCC2CC2)CCC1. The van der Waals surface area contributed by atoms with Crippen LogP contribution in [0.5, 0.6) is 5.75 Å². The van der Waals surface area contributed by atoms with E-state index in [2.05, 4.69) is 0 Å². The van der Waals surface area contributed by atoms with Gasteiger partial charge in [-0.2, -0.15) is 0 Å². The second kappa shape index (κ2) is 4.92. The summed E-state index contributed by atoms with van der Waals surface area (Å²) in [7, 11) is 0. The molecule has 0 bridgehead atoms. The molecule has 0 aliphatic heterocycles. The molecule has 108 valence electrons. The van der Waals surface area contributed by atoms with Gasteiger partial charge in [-0.3, -0.25) is 4.79 Å². The van der Waals surface area contributed by atoms with Gasteiger partial charge in [0.2, 0.25) is 0 Å². The standard InChI is InChI=1S/C15H16ClFO3/c16-12-7-10(17)6-11(13(12)20-8-9-2-3-9)15(14(18)19)4-1-5-15/h6-7,9H,1-5,8H2,(H,18,19). The van der Waals surface area contributed by atoms with Crippen molar-refractivity contribution in [1.82, 2.24) is 0 Å². The van der Waals surface area contributed by atoms with Gasteiger partial charge in [-0.25, -0.2) is 4.39 Å². The number of hydrogen-bond acceptors (Lipinski definition) is 2. The molecule has 1 aromatic rings. The monoisotopic (exact) mass is 298 g/mol. The zero-order valence-electron chi connectivity index (χ0n) is 11.0. The van der Waals surface area contributed by atoms with Crippen LogP contribution in [0.15, 0.2) is 12.1 Å². The minimum atomic E-state index is -1.04. The van der Waals surface area contributed by atoms with Gasteiger partial charge in [0.15, 0.2) is 0 Å². The van der Waals surface area contributed by atoms with Crippen LogP contribution in [0, 0.1) is 11.7 Å². The molecule has 3 rings (SSSR count). The van der Waals surface area contributed by atoms with Crippen LogP contribution >= 0.6 is 11.6 Å². The first-order chi connectivity index (χ1) is 9.53. The number of carboxylic acid groups (broad SMARTS) is 1. The third-order valence-corrected chi connectivity index (χ3v) is 4.58. The molecule has 0 amide bonds. The number of carbonyl (C=O) groups is 1. The van der Waals surface area contributed by atoms with Crippen LogP contribution in [0.1, 0.15) is 37.7 Å². The van der Waals surface area contributed by atoms with Crippen LogP contribution in [0.25, 0.3) is 0 Å². The van der Waals surface area contributed by atoms with Crippen molar-refractivity contribution in [1.29, 1.82) is 0 Å². The van der Waals surface area contributed by atoms with Crippen LogP contribution in [-0.4, -0.2) is 17.7 Å². The number of hydrogen-bond donors (Lipinski definition) is 1. The Kier molecular flexibility index (Phi) is 3.36. The lowest BCUT2D eigenvalue weighted by Gasteiger charge is -2.39. The van der Waals surface area contributed by atoms with Crippen molar-refractivity contribution in [2.24, 2.45) is 5.92 Å². The molecule has 0 atom stereocenters. The number of ether oxygens (including phenoxy) is 1. The van der Waals surface area contributed by atoms with Gasteiger partial charge < -0.3 is 9.84 Å². The van der Waals surface area contributed by atoms with Crippen molar-refractivity contribution < 1.29 is 19.0 Å². The molecule has 0 spiro atoms. The Morgan fingerprint density at radius 3 is 2.65 bits per heavy atom. The minimum Gasteiger partial charge on any atom is -0.491 e.